The number of hydrogen-bond donors (Lipinski definition) is 0. The molecule has 0 aromatic heterocycles. The minimum atomic E-state index is -3.24. The van der Waals surface area contributed by atoms with Gasteiger partial charge in [0.15, 0.2) is 9.84 Å². The Morgan fingerprint density at radius 2 is 2.00 bits per heavy atom. The van der Waals surface area contributed by atoms with Gasteiger partial charge in [0.25, 0.3) is 5.91 Å². The number of methoxy groups -OCH3 is 1. The first kappa shape index (κ1) is 19.6. The van der Waals surface area contributed by atoms with Gasteiger partial charge in [-0.2, -0.15) is 0 Å². The number of hydrogen-bond acceptors (Lipinski definition) is 4. The van der Waals surface area contributed by atoms with E-state index >= 15 is 0 Å². The van der Waals surface area contributed by atoms with Gasteiger partial charge < -0.3 is 9.64 Å². The fourth-order valence-corrected chi connectivity index (χ4v) is 5.17. The molecule has 2 aromatic carbocycles. The summed E-state index contributed by atoms with van der Waals surface area (Å²) < 4.78 is 43.5. The summed E-state index contributed by atoms with van der Waals surface area (Å²) in [4.78, 5) is 14.6. The van der Waals surface area contributed by atoms with E-state index in [0.29, 0.717) is 12.2 Å². The minimum absolute atomic E-state index is 0.00161. The molecule has 144 valence electrons. The van der Waals surface area contributed by atoms with Gasteiger partial charge in [0.05, 0.1) is 30.7 Å². The predicted molar refractivity (Wildman–Crippen MR) is 101 cm³/mol. The van der Waals surface area contributed by atoms with Crippen LogP contribution in [0.4, 0.5) is 4.39 Å². The van der Waals surface area contributed by atoms with Crippen molar-refractivity contribution in [3.63, 3.8) is 0 Å². The Bertz CT molecular complexity index is 944. The van der Waals surface area contributed by atoms with Crippen LogP contribution >= 0.6 is 11.6 Å². The zero-order valence-electron chi connectivity index (χ0n) is 14.7. The lowest BCUT2D eigenvalue weighted by molar-refractivity contribution is 0.0675. The third-order valence-corrected chi connectivity index (χ3v) is 6.74. The highest BCUT2D eigenvalue weighted by molar-refractivity contribution is 7.91. The first-order valence-corrected chi connectivity index (χ1v) is 10.6. The van der Waals surface area contributed by atoms with Gasteiger partial charge in [0, 0.05) is 16.6 Å². The van der Waals surface area contributed by atoms with Crippen LogP contribution in [0.2, 0.25) is 5.02 Å². The zero-order chi connectivity index (χ0) is 19.6. The lowest BCUT2D eigenvalue weighted by Crippen LogP contribution is -2.41. The van der Waals surface area contributed by atoms with E-state index in [1.165, 1.54) is 30.2 Å². The van der Waals surface area contributed by atoms with Gasteiger partial charge in [-0.1, -0.05) is 29.8 Å². The number of carbonyl (C=O) groups excluding carboxylic acids is 1. The summed E-state index contributed by atoms with van der Waals surface area (Å²) in [5, 5.41) is 0.189. The van der Waals surface area contributed by atoms with E-state index in [1.807, 2.05) is 0 Å². The number of rotatable bonds is 5. The molecule has 0 bridgehead atoms. The molecule has 5 nitrogen and oxygen atoms in total. The average Bonchev–Trinajstić information content (AvgIpc) is 3.00. The van der Waals surface area contributed by atoms with E-state index in [9.17, 15) is 17.6 Å². The summed E-state index contributed by atoms with van der Waals surface area (Å²) in [6.07, 6.45) is 0.301. The second-order valence-corrected chi connectivity index (χ2v) is 9.03. The maximum atomic E-state index is 14.3. The Hall–Kier alpha value is -2.12. The van der Waals surface area contributed by atoms with E-state index in [4.69, 9.17) is 16.3 Å². The predicted octanol–water partition coefficient (Wildman–Crippen LogP) is 3.32. The number of para-hydroxylation sites is 1. The van der Waals surface area contributed by atoms with E-state index in [0.717, 1.165) is 0 Å². The van der Waals surface area contributed by atoms with Crippen LogP contribution in [-0.4, -0.2) is 43.9 Å². The summed E-state index contributed by atoms with van der Waals surface area (Å²) >= 11 is 6.12. The number of amides is 1. The maximum Gasteiger partial charge on any atom is 0.258 e. The molecule has 0 aliphatic carbocycles. The summed E-state index contributed by atoms with van der Waals surface area (Å²) in [5.41, 5.74) is 0.448. The van der Waals surface area contributed by atoms with Crippen LogP contribution in [0.3, 0.4) is 0 Å². The van der Waals surface area contributed by atoms with Crippen LogP contribution in [0.1, 0.15) is 22.3 Å². The van der Waals surface area contributed by atoms with Crippen molar-refractivity contribution in [3.05, 3.63) is 64.4 Å². The highest BCUT2D eigenvalue weighted by Gasteiger charge is 2.36. The van der Waals surface area contributed by atoms with Crippen LogP contribution in [0.15, 0.2) is 42.5 Å². The number of ether oxygens (including phenoxy) is 1. The van der Waals surface area contributed by atoms with Crippen molar-refractivity contribution in [2.45, 2.75) is 19.0 Å². The summed E-state index contributed by atoms with van der Waals surface area (Å²) in [6, 6.07) is 10.4. The van der Waals surface area contributed by atoms with Crippen molar-refractivity contribution in [2.75, 3.05) is 18.6 Å². The molecular weight excluding hydrogens is 393 g/mol. The van der Waals surface area contributed by atoms with Crippen LogP contribution < -0.4 is 4.74 Å². The van der Waals surface area contributed by atoms with Gasteiger partial charge >= 0.3 is 0 Å². The van der Waals surface area contributed by atoms with Gasteiger partial charge in [-0.05, 0) is 30.7 Å². The molecule has 1 heterocycles. The molecule has 0 spiro atoms. The Morgan fingerprint density at radius 3 is 2.63 bits per heavy atom. The summed E-state index contributed by atoms with van der Waals surface area (Å²) in [6.45, 7) is -0.122. The normalized spacial score (nSPS) is 18.3. The highest BCUT2D eigenvalue weighted by atomic mass is 35.5. The van der Waals surface area contributed by atoms with Gasteiger partial charge in [-0.25, -0.2) is 12.8 Å². The Balaban J connectivity index is 2.01. The van der Waals surface area contributed by atoms with Crippen molar-refractivity contribution in [3.8, 4) is 5.75 Å². The highest BCUT2D eigenvalue weighted by Crippen LogP contribution is 2.28. The third kappa shape index (κ3) is 4.25. The van der Waals surface area contributed by atoms with Crippen LogP contribution in [0, 0.1) is 5.82 Å². The van der Waals surface area contributed by atoms with E-state index in [2.05, 4.69) is 0 Å². The van der Waals surface area contributed by atoms with Crippen LogP contribution in [0.25, 0.3) is 0 Å². The van der Waals surface area contributed by atoms with Gasteiger partial charge in [0.2, 0.25) is 0 Å². The van der Waals surface area contributed by atoms with Gasteiger partial charge in [0.1, 0.15) is 11.6 Å². The molecule has 0 radical (unpaired) electrons. The molecule has 1 atom stereocenters. The summed E-state index contributed by atoms with van der Waals surface area (Å²) in [5.74, 6) is -0.749. The second-order valence-electron chi connectivity index (χ2n) is 6.39. The Kier molecular flexibility index (Phi) is 5.72. The molecule has 1 aliphatic heterocycles. The second kappa shape index (κ2) is 7.86. The van der Waals surface area contributed by atoms with E-state index < -0.39 is 27.6 Å². The number of sulfone groups is 1. The van der Waals surface area contributed by atoms with Crippen molar-refractivity contribution < 1.29 is 22.3 Å². The smallest absolute Gasteiger partial charge is 0.258 e. The largest absolute Gasteiger partial charge is 0.496 e. The SMILES string of the molecule is COc1ccccc1C(=O)N(Cc1c(F)cccc1Cl)C1CCS(=O)(=O)C1. The number of nitrogens with zero attached hydrogens (tertiary/aromatic N) is 1. The fourth-order valence-electron chi connectivity index (χ4n) is 3.22. The molecule has 8 heteroatoms. The van der Waals surface area contributed by atoms with Crippen LogP contribution in [0.5, 0.6) is 5.75 Å². The van der Waals surface area contributed by atoms with Crippen molar-refractivity contribution >= 4 is 27.3 Å². The maximum absolute atomic E-state index is 14.3. The van der Waals surface area contributed by atoms with E-state index in [1.54, 1.807) is 24.3 Å². The zero-order valence-corrected chi connectivity index (χ0v) is 16.3. The standard InChI is InChI=1S/C19H19ClFNO4S/c1-26-18-8-3-2-5-14(18)19(23)22(13-9-10-27(24,25)12-13)11-15-16(20)6-4-7-17(15)21/h2-8,13H,9-12H2,1H3. The van der Waals surface area contributed by atoms with Crippen molar-refractivity contribution in [2.24, 2.45) is 0 Å². The van der Waals surface area contributed by atoms with Crippen LogP contribution in [-0.2, 0) is 16.4 Å². The first-order chi connectivity index (χ1) is 12.8. The lowest BCUT2D eigenvalue weighted by Gasteiger charge is -2.29. The quantitative estimate of drug-likeness (QED) is 0.757. The Labute approximate surface area is 162 Å². The molecular formula is C19H19ClFNO4S. The topological polar surface area (TPSA) is 63.7 Å². The molecule has 1 fully saturated rings. The van der Waals surface area contributed by atoms with Crippen molar-refractivity contribution in [1.82, 2.24) is 4.90 Å². The molecule has 3 rings (SSSR count). The molecule has 27 heavy (non-hydrogen) atoms. The van der Waals surface area contributed by atoms with Gasteiger partial charge in [-0.3, -0.25) is 4.79 Å². The van der Waals surface area contributed by atoms with Gasteiger partial charge in [-0.15, -0.1) is 0 Å². The molecule has 1 aliphatic rings. The number of benzene rings is 2. The molecule has 1 amide bonds. The molecule has 1 saturated heterocycles. The number of halogens is 2. The summed E-state index contributed by atoms with van der Waals surface area (Å²) in [7, 11) is -1.79. The third-order valence-electron chi connectivity index (χ3n) is 4.64. The molecule has 1 unspecified atom stereocenters. The first-order valence-electron chi connectivity index (χ1n) is 8.39. The molecule has 0 N–H and O–H groups in total. The number of carbonyl (C=O) groups is 1. The average molecular weight is 412 g/mol. The molecule has 0 saturated carbocycles. The monoisotopic (exact) mass is 411 g/mol. The molecule has 2 aromatic rings. The van der Waals surface area contributed by atoms with E-state index in [-0.39, 0.29) is 34.2 Å². The minimum Gasteiger partial charge on any atom is -0.496 e. The lowest BCUT2D eigenvalue weighted by atomic mass is 10.1. The van der Waals surface area contributed by atoms with Crippen molar-refractivity contribution in [1.29, 1.82) is 0 Å². The Morgan fingerprint density at radius 1 is 1.26 bits per heavy atom. The fraction of sp³-hybridized carbons (Fsp3) is 0.316.